The fraction of sp³-hybridized carbons (Fsp3) is 0.462. The number of nitrogens with one attached hydrogen (secondary N) is 1. The molecule has 0 aliphatic rings. The number of rotatable bonds is 6. The minimum absolute atomic E-state index is 0.0313. The van der Waals surface area contributed by atoms with Crippen LogP contribution in [0.2, 0.25) is 0 Å². The summed E-state index contributed by atoms with van der Waals surface area (Å²) in [5.74, 6) is 1.05. The fourth-order valence-corrected chi connectivity index (χ4v) is 1.57. The summed E-state index contributed by atoms with van der Waals surface area (Å²) in [4.78, 5) is 11.2. The third kappa shape index (κ3) is 4.11. The number of hydrogen-bond donors (Lipinski definition) is 1. The van der Waals surface area contributed by atoms with E-state index in [0.717, 1.165) is 5.56 Å². The van der Waals surface area contributed by atoms with Gasteiger partial charge in [0.25, 0.3) is 0 Å². The molecule has 1 aromatic carbocycles. The van der Waals surface area contributed by atoms with E-state index in [2.05, 4.69) is 5.32 Å². The summed E-state index contributed by atoms with van der Waals surface area (Å²) in [6.07, 6.45) is 0.0313. The highest BCUT2D eigenvalue weighted by Gasteiger charge is 2.12. The van der Waals surface area contributed by atoms with Gasteiger partial charge in [0.05, 0.1) is 13.2 Å². The average Bonchev–Trinajstić information content (AvgIpc) is 2.36. The van der Waals surface area contributed by atoms with Crippen LogP contribution in [0.15, 0.2) is 18.2 Å². The molecule has 4 nitrogen and oxygen atoms in total. The lowest BCUT2D eigenvalue weighted by molar-refractivity contribution is -0.118. The first-order valence-electron chi connectivity index (χ1n) is 5.73. The second kappa shape index (κ2) is 7.11. The summed E-state index contributed by atoms with van der Waals surface area (Å²) in [6, 6.07) is 5.56. The van der Waals surface area contributed by atoms with Crippen molar-refractivity contribution in [3.63, 3.8) is 0 Å². The monoisotopic (exact) mass is 271 g/mol. The van der Waals surface area contributed by atoms with E-state index in [-0.39, 0.29) is 17.9 Å². The van der Waals surface area contributed by atoms with Gasteiger partial charge < -0.3 is 14.8 Å². The van der Waals surface area contributed by atoms with E-state index in [1.165, 1.54) is 0 Å². The van der Waals surface area contributed by atoms with Gasteiger partial charge in [-0.05, 0) is 19.9 Å². The van der Waals surface area contributed by atoms with E-state index in [9.17, 15) is 4.79 Å². The molecule has 1 N–H and O–H groups in total. The minimum Gasteiger partial charge on any atom is -0.493 e. The average molecular weight is 272 g/mol. The van der Waals surface area contributed by atoms with Crippen LogP contribution in [0.25, 0.3) is 0 Å². The van der Waals surface area contributed by atoms with Crippen LogP contribution in [0.5, 0.6) is 11.5 Å². The first-order valence-corrected chi connectivity index (χ1v) is 6.27. The second-order valence-electron chi connectivity index (χ2n) is 4.03. The number of alkyl halides is 1. The lowest BCUT2D eigenvalue weighted by Gasteiger charge is -2.17. The van der Waals surface area contributed by atoms with Gasteiger partial charge in [0, 0.05) is 12.1 Å². The summed E-state index contributed by atoms with van der Waals surface area (Å²) < 4.78 is 11.0. The molecule has 1 aromatic rings. The van der Waals surface area contributed by atoms with Crippen LogP contribution in [-0.2, 0) is 11.3 Å². The molecular weight excluding hydrogens is 254 g/mol. The second-order valence-corrected chi connectivity index (χ2v) is 4.29. The molecule has 0 heterocycles. The fourth-order valence-electron chi connectivity index (χ4n) is 1.47. The van der Waals surface area contributed by atoms with Crippen molar-refractivity contribution in [2.24, 2.45) is 0 Å². The number of para-hydroxylation sites is 1. The molecule has 0 atom stereocenters. The Labute approximate surface area is 112 Å². The van der Waals surface area contributed by atoms with Gasteiger partial charge >= 0.3 is 0 Å². The maximum atomic E-state index is 11.2. The van der Waals surface area contributed by atoms with Crippen molar-refractivity contribution in [1.29, 1.82) is 0 Å². The van der Waals surface area contributed by atoms with Crippen molar-refractivity contribution in [3.8, 4) is 11.5 Å². The molecule has 0 aliphatic carbocycles. The molecular formula is C13H18ClNO3. The smallest absolute Gasteiger partial charge is 0.235 e. The Hall–Kier alpha value is -1.42. The molecule has 0 saturated heterocycles. The molecule has 0 saturated carbocycles. The third-order valence-corrected chi connectivity index (χ3v) is 2.47. The lowest BCUT2D eigenvalue weighted by atomic mass is 10.1. The lowest BCUT2D eigenvalue weighted by Crippen LogP contribution is -2.24. The van der Waals surface area contributed by atoms with Crippen LogP contribution in [0.3, 0.4) is 0 Å². The molecule has 0 spiro atoms. The van der Waals surface area contributed by atoms with E-state index in [1.807, 2.05) is 32.0 Å². The summed E-state index contributed by atoms with van der Waals surface area (Å²) in [7, 11) is 1.59. The molecule has 5 heteroatoms. The SMILES string of the molecule is COc1cccc(CNC(=O)CCl)c1OC(C)C. The summed E-state index contributed by atoms with van der Waals surface area (Å²) in [6.45, 7) is 4.24. The van der Waals surface area contributed by atoms with Crippen molar-refractivity contribution >= 4 is 17.5 Å². The van der Waals surface area contributed by atoms with Crippen LogP contribution < -0.4 is 14.8 Å². The van der Waals surface area contributed by atoms with Gasteiger partial charge in [-0.1, -0.05) is 12.1 Å². The van der Waals surface area contributed by atoms with Gasteiger partial charge in [-0.2, -0.15) is 0 Å². The molecule has 0 radical (unpaired) electrons. The molecule has 0 aliphatic heterocycles. The molecule has 0 aromatic heterocycles. The van der Waals surface area contributed by atoms with Gasteiger partial charge in [-0.25, -0.2) is 0 Å². The minimum atomic E-state index is -0.213. The summed E-state index contributed by atoms with van der Waals surface area (Å²) in [5.41, 5.74) is 0.863. The number of hydrogen-bond acceptors (Lipinski definition) is 3. The Morgan fingerprint density at radius 3 is 2.72 bits per heavy atom. The standard InChI is InChI=1S/C13H18ClNO3/c1-9(2)18-13-10(8-15-12(16)7-14)5-4-6-11(13)17-3/h4-6,9H,7-8H2,1-3H3,(H,15,16). The van der Waals surface area contributed by atoms with E-state index in [4.69, 9.17) is 21.1 Å². The Bertz CT molecular complexity index is 407. The number of benzene rings is 1. The van der Waals surface area contributed by atoms with Crippen molar-refractivity contribution in [3.05, 3.63) is 23.8 Å². The number of carbonyl (C=O) groups is 1. The number of amides is 1. The van der Waals surface area contributed by atoms with Crippen molar-refractivity contribution in [2.75, 3.05) is 13.0 Å². The Balaban J connectivity index is 2.91. The zero-order chi connectivity index (χ0) is 13.5. The Morgan fingerprint density at radius 2 is 2.17 bits per heavy atom. The maximum Gasteiger partial charge on any atom is 0.235 e. The Kier molecular flexibility index (Phi) is 5.78. The summed E-state index contributed by atoms with van der Waals surface area (Å²) in [5, 5.41) is 2.71. The van der Waals surface area contributed by atoms with Crippen LogP contribution >= 0.6 is 11.6 Å². The molecule has 1 amide bonds. The number of halogens is 1. The van der Waals surface area contributed by atoms with Crippen molar-refractivity contribution in [2.45, 2.75) is 26.5 Å². The molecule has 100 valence electrons. The molecule has 0 fully saturated rings. The molecule has 1 rings (SSSR count). The van der Waals surface area contributed by atoms with Crippen LogP contribution in [0.1, 0.15) is 19.4 Å². The van der Waals surface area contributed by atoms with E-state index >= 15 is 0 Å². The molecule has 0 bridgehead atoms. The first kappa shape index (κ1) is 14.6. The number of methoxy groups -OCH3 is 1. The van der Waals surface area contributed by atoms with Gasteiger partial charge in [0.1, 0.15) is 5.88 Å². The zero-order valence-electron chi connectivity index (χ0n) is 10.8. The topological polar surface area (TPSA) is 47.6 Å². The molecule has 0 unspecified atom stereocenters. The Morgan fingerprint density at radius 1 is 1.44 bits per heavy atom. The highest BCUT2D eigenvalue weighted by Crippen LogP contribution is 2.31. The highest BCUT2D eigenvalue weighted by molar-refractivity contribution is 6.27. The van der Waals surface area contributed by atoms with Crippen molar-refractivity contribution in [1.82, 2.24) is 5.32 Å². The van der Waals surface area contributed by atoms with Gasteiger partial charge in [0.15, 0.2) is 11.5 Å². The number of ether oxygens (including phenoxy) is 2. The predicted octanol–water partition coefficient (Wildman–Crippen LogP) is 2.34. The van der Waals surface area contributed by atoms with Crippen molar-refractivity contribution < 1.29 is 14.3 Å². The van der Waals surface area contributed by atoms with Gasteiger partial charge in [-0.3, -0.25) is 4.79 Å². The van der Waals surface area contributed by atoms with Gasteiger partial charge in [-0.15, -0.1) is 11.6 Å². The highest BCUT2D eigenvalue weighted by atomic mass is 35.5. The van der Waals surface area contributed by atoms with Crippen LogP contribution in [0, 0.1) is 0 Å². The van der Waals surface area contributed by atoms with E-state index in [0.29, 0.717) is 18.0 Å². The maximum absolute atomic E-state index is 11.2. The predicted molar refractivity (Wildman–Crippen MR) is 71.3 cm³/mol. The van der Waals surface area contributed by atoms with Crippen LogP contribution in [0.4, 0.5) is 0 Å². The number of carbonyl (C=O) groups excluding carboxylic acids is 1. The molecule has 18 heavy (non-hydrogen) atoms. The third-order valence-electron chi connectivity index (χ3n) is 2.23. The largest absolute Gasteiger partial charge is 0.493 e. The van der Waals surface area contributed by atoms with E-state index in [1.54, 1.807) is 7.11 Å². The van der Waals surface area contributed by atoms with Crippen LogP contribution in [-0.4, -0.2) is 25.0 Å². The van der Waals surface area contributed by atoms with E-state index < -0.39 is 0 Å². The normalized spacial score (nSPS) is 10.3. The summed E-state index contributed by atoms with van der Waals surface area (Å²) >= 11 is 5.43. The zero-order valence-corrected chi connectivity index (χ0v) is 11.6. The first-order chi connectivity index (χ1) is 8.58. The van der Waals surface area contributed by atoms with Gasteiger partial charge in [0.2, 0.25) is 5.91 Å². The quantitative estimate of drug-likeness (QED) is 0.808.